The lowest BCUT2D eigenvalue weighted by atomic mass is 10.2. The first-order valence-electron chi connectivity index (χ1n) is 7.38. The van der Waals surface area contributed by atoms with Crippen LogP contribution in [0.4, 0.5) is 11.6 Å². The molecule has 5 nitrogen and oxygen atoms in total. The van der Waals surface area contributed by atoms with E-state index in [4.69, 9.17) is 4.74 Å². The Bertz CT molecular complexity index is 762. The summed E-state index contributed by atoms with van der Waals surface area (Å²) in [4.78, 5) is 9.80. The Morgan fingerprint density at radius 1 is 1.12 bits per heavy atom. The molecule has 0 aliphatic heterocycles. The Hall–Kier alpha value is -2.57. The summed E-state index contributed by atoms with van der Waals surface area (Å²) in [6.45, 7) is 0.00209. The predicted molar refractivity (Wildman–Crippen MR) is 94.8 cm³/mol. The van der Waals surface area contributed by atoms with Crippen molar-refractivity contribution >= 4 is 23.4 Å². The maximum atomic E-state index is 9.21. The maximum Gasteiger partial charge on any atom is 0.228 e. The van der Waals surface area contributed by atoms with Crippen LogP contribution in [0.1, 0.15) is 5.56 Å². The number of aromatic nitrogens is 2. The van der Waals surface area contributed by atoms with Crippen molar-refractivity contribution in [2.75, 3.05) is 12.4 Å². The molecule has 0 saturated carbocycles. The molecule has 0 aliphatic carbocycles. The number of anilines is 2. The highest BCUT2D eigenvalue weighted by atomic mass is 32.2. The third-order valence-electron chi connectivity index (χ3n) is 3.26. The number of nitrogens with zero attached hydrogens (tertiary/aromatic N) is 2. The molecule has 1 aromatic heterocycles. The number of hydrogen-bond acceptors (Lipinski definition) is 6. The lowest BCUT2D eigenvalue weighted by Crippen LogP contribution is -1.98. The van der Waals surface area contributed by atoms with Gasteiger partial charge in [0, 0.05) is 16.8 Å². The zero-order chi connectivity index (χ0) is 16.8. The summed E-state index contributed by atoms with van der Waals surface area (Å²) >= 11 is 1.54. The summed E-state index contributed by atoms with van der Waals surface area (Å²) in [5.74, 6) is 1.33. The molecule has 0 atom stereocenters. The van der Waals surface area contributed by atoms with E-state index in [1.807, 2.05) is 54.6 Å². The first-order valence-corrected chi connectivity index (χ1v) is 8.20. The number of ether oxygens (including phenoxy) is 1. The van der Waals surface area contributed by atoms with Crippen molar-refractivity contribution in [1.29, 1.82) is 0 Å². The molecule has 0 fully saturated rings. The van der Waals surface area contributed by atoms with Crippen molar-refractivity contribution in [3.05, 3.63) is 66.4 Å². The Morgan fingerprint density at radius 3 is 2.83 bits per heavy atom. The van der Waals surface area contributed by atoms with Crippen LogP contribution in [0.25, 0.3) is 0 Å². The van der Waals surface area contributed by atoms with E-state index in [0.717, 1.165) is 26.9 Å². The second kappa shape index (κ2) is 7.81. The van der Waals surface area contributed by atoms with Gasteiger partial charge in [-0.15, -0.1) is 0 Å². The number of aliphatic hydroxyl groups excluding tert-OH is 1. The first-order chi connectivity index (χ1) is 11.8. The first kappa shape index (κ1) is 16.3. The standard InChI is InChI=1S/C18H17N3O2S/c1-23-15-6-3-7-16(11-15)24-17-8-9-19-18(21-17)20-14-5-2-4-13(10-14)12-22/h2-11,22H,12H2,1H3,(H,19,20,21). The zero-order valence-corrected chi connectivity index (χ0v) is 14.0. The van der Waals surface area contributed by atoms with Gasteiger partial charge in [0.2, 0.25) is 5.95 Å². The lowest BCUT2D eigenvalue weighted by molar-refractivity contribution is 0.282. The van der Waals surface area contributed by atoms with Crippen molar-refractivity contribution in [3.8, 4) is 5.75 Å². The number of hydrogen-bond donors (Lipinski definition) is 2. The van der Waals surface area contributed by atoms with E-state index in [-0.39, 0.29) is 6.61 Å². The SMILES string of the molecule is COc1cccc(Sc2ccnc(Nc3cccc(CO)c3)n2)c1. The Labute approximate surface area is 144 Å². The van der Waals surface area contributed by atoms with Crippen LogP contribution in [0.15, 0.2) is 70.7 Å². The number of methoxy groups -OCH3 is 1. The van der Waals surface area contributed by atoms with Crippen LogP contribution in [0, 0.1) is 0 Å². The molecule has 0 saturated heterocycles. The van der Waals surface area contributed by atoms with E-state index in [0.29, 0.717) is 5.95 Å². The molecule has 0 bridgehead atoms. The van der Waals surface area contributed by atoms with E-state index in [1.165, 1.54) is 11.8 Å². The van der Waals surface area contributed by atoms with E-state index >= 15 is 0 Å². The minimum Gasteiger partial charge on any atom is -0.497 e. The van der Waals surface area contributed by atoms with Gasteiger partial charge in [0.1, 0.15) is 10.8 Å². The number of nitrogens with one attached hydrogen (secondary N) is 1. The highest BCUT2D eigenvalue weighted by Gasteiger charge is 2.04. The number of aliphatic hydroxyl groups is 1. The quantitative estimate of drug-likeness (QED) is 0.665. The predicted octanol–water partition coefficient (Wildman–Crippen LogP) is 3.87. The largest absolute Gasteiger partial charge is 0.497 e. The van der Waals surface area contributed by atoms with Crippen molar-refractivity contribution in [2.45, 2.75) is 16.5 Å². The molecule has 0 spiro atoms. The topological polar surface area (TPSA) is 67.3 Å². The van der Waals surface area contributed by atoms with Crippen LogP contribution in [0.3, 0.4) is 0 Å². The van der Waals surface area contributed by atoms with Gasteiger partial charge in [0.25, 0.3) is 0 Å². The molecule has 0 aliphatic rings. The summed E-state index contributed by atoms with van der Waals surface area (Å²) < 4.78 is 5.24. The van der Waals surface area contributed by atoms with Gasteiger partial charge in [-0.25, -0.2) is 9.97 Å². The van der Waals surface area contributed by atoms with Crippen molar-refractivity contribution in [2.24, 2.45) is 0 Å². The van der Waals surface area contributed by atoms with Gasteiger partial charge >= 0.3 is 0 Å². The van der Waals surface area contributed by atoms with E-state index in [2.05, 4.69) is 15.3 Å². The summed E-state index contributed by atoms with van der Waals surface area (Å²) in [5.41, 5.74) is 1.67. The summed E-state index contributed by atoms with van der Waals surface area (Å²) in [6, 6.07) is 17.2. The summed E-state index contributed by atoms with van der Waals surface area (Å²) in [6.07, 6.45) is 1.72. The molecule has 3 rings (SSSR count). The van der Waals surface area contributed by atoms with Crippen molar-refractivity contribution in [1.82, 2.24) is 9.97 Å². The number of benzene rings is 2. The Morgan fingerprint density at radius 2 is 2.00 bits per heavy atom. The third-order valence-corrected chi connectivity index (χ3v) is 4.19. The molecule has 0 radical (unpaired) electrons. The molecule has 2 aromatic carbocycles. The normalized spacial score (nSPS) is 10.4. The molecule has 122 valence electrons. The van der Waals surface area contributed by atoms with Crippen LogP contribution in [-0.4, -0.2) is 22.2 Å². The van der Waals surface area contributed by atoms with E-state index in [9.17, 15) is 5.11 Å². The van der Waals surface area contributed by atoms with Crippen molar-refractivity contribution in [3.63, 3.8) is 0 Å². The van der Waals surface area contributed by atoms with Gasteiger partial charge in [0.15, 0.2) is 0 Å². The Balaban J connectivity index is 1.76. The smallest absolute Gasteiger partial charge is 0.228 e. The van der Waals surface area contributed by atoms with Gasteiger partial charge in [-0.3, -0.25) is 0 Å². The molecule has 0 amide bonds. The lowest BCUT2D eigenvalue weighted by Gasteiger charge is -2.08. The molecule has 2 N–H and O–H groups in total. The van der Waals surface area contributed by atoms with Gasteiger partial charge in [0.05, 0.1) is 13.7 Å². The molecule has 1 heterocycles. The minimum absolute atomic E-state index is 0.00209. The fraction of sp³-hybridized carbons (Fsp3) is 0.111. The highest BCUT2D eigenvalue weighted by molar-refractivity contribution is 7.99. The molecule has 0 unspecified atom stereocenters. The Kier molecular flexibility index (Phi) is 5.30. The van der Waals surface area contributed by atoms with Crippen LogP contribution < -0.4 is 10.1 Å². The van der Waals surface area contributed by atoms with Crippen LogP contribution in [-0.2, 0) is 6.61 Å². The maximum absolute atomic E-state index is 9.21. The molecule has 6 heteroatoms. The van der Waals surface area contributed by atoms with Gasteiger partial charge < -0.3 is 15.2 Å². The van der Waals surface area contributed by atoms with Gasteiger partial charge in [-0.05, 0) is 42.0 Å². The van der Waals surface area contributed by atoms with E-state index < -0.39 is 0 Å². The average molecular weight is 339 g/mol. The number of rotatable bonds is 6. The van der Waals surface area contributed by atoms with Crippen LogP contribution >= 0.6 is 11.8 Å². The molecular formula is C18H17N3O2S. The summed E-state index contributed by atoms with van der Waals surface area (Å²) in [7, 11) is 1.65. The second-order valence-electron chi connectivity index (χ2n) is 4.98. The third kappa shape index (κ3) is 4.24. The monoisotopic (exact) mass is 339 g/mol. The molecular weight excluding hydrogens is 322 g/mol. The fourth-order valence-corrected chi connectivity index (χ4v) is 2.95. The van der Waals surface area contributed by atoms with Gasteiger partial charge in [-0.1, -0.05) is 30.0 Å². The van der Waals surface area contributed by atoms with E-state index in [1.54, 1.807) is 13.3 Å². The molecule has 24 heavy (non-hydrogen) atoms. The average Bonchev–Trinajstić information content (AvgIpc) is 2.62. The highest BCUT2D eigenvalue weighted by Crippen LogP contribution is 2.29. The minimum atomic E-state index is 0.00209. The summed E-state index contributed by atoms with van der Waals surface area (Å²) in [5, 5.41) is 13.2. The van der Waals surface area contributed by atoms with Crippen LogP contribution in [0.2, 0.25) is 0 Å². The van der Waals surface area contributed by atoms with Crippen LogP contribution in [0.5, 0.6) is 5.75 Å². The second-order valence-corrected chi connectivity index (χ2v) is 6.08. The van der Waals surface area contributed by atoms with Gasteiger partial charge in [-0.2, -0.15) is 0 Å². The molecule has 3 aromatic rings. The van der Waals surface area contributed by atoms with Crippen molar-refractivity contribution < 1.29 is 9.84 Å². The fourth-order valence-electron chi connectivity index (χ4n) is 2.12. The zero-order valence-electron chi connectivity index (χ0n) is 13.1.